The summed E-state index contributed by atoms with van der Waals surface area (Å²) in [4.78, 5) is 14.1. The minimum atomic E-state index is -0.0774. The first-order valence-corrected chi connectivity index (χ1v) is 6.70. The van der Waals surface area contributed by atoms with E-state index in [9.17, 15) is 4.79 Å². The molecule has 0 fully saturated rings. The lowest BCUT2D eigenvalue weighted by atomic mass is 10.0. The van der Waals surface area contributed by atoms with E-state index in [2.05, 4.69) is 19.2 Å². The lowest BCUT2D eigenvalue weighted by Gasteiger charge is -2.26. The number of nitrogens with one attached hydrogen (secondary N) is 1. The van der Waals surface area contributed by atoms with Crippen molar-refractivity contribution in [3.8, 4) is 0 Å². The molecule has 0 radical (unpaired) electrons. The molecule has 1 aromatic carbocycles. The Morgan fingerprint density at radius 1 is 1.19 bits per heavy atom. The maximum Gasteiger partial charge on any atom is 0.237 e. The third-order valence-electron chi connectivity index (χ3n) is 3.15. The molecule has 0 saturated heterocycles. The summed E-state index contributed by atoms with van der Waals surface area (Å²) in [6, 6.07) is 7.68. The van der Waals surface area contributed by atoms with E-state index in [1.165, 1.54) is 5.56 Å². The van der Waals surface area contributed by atoms with Crippen molar-refractivity contribution in [1.29, 1.82) is 0 Å². The Morgan fingerprint density at radius 2 is 1.71 bits per heavy atom. The number of nitrogen functional groups attached to an aromatic ring is 1. The number of benzene rings is 1. The van der Waals surface area contributed by atoms with Crippen LogP contribution in [0, 0.1) is 5.92 Å². The fourth-order valence-corrected chi connectivity index (χ4v) is 2.25. The van der Waals surface area contributed by atoms with Gasteiger partial charge in [0, 0.05) is 12.2 Å². The second kappa shape index (κ2) is 10.7. The molecule has 6 heteroatoms. The first-order chi connectivity index (χ1) is 8.91. The lowest BCUT2D eigenvalue weighted by Crippen LogP contribution is -2.47. The van der Waals surface area contributed by atoms with Crippen LogP contribution in [0.25, 0.3) is 0 Å². The van der Waals surface area contributed by atoms with E-state index >= 15 is 0 Å². The van der Waals surface area contributed by atoms with Gasteiger partial charge in [-0.15, -0.1) is 24.8 Å². The van der Waals surface area contributed by atoms with Crippen LogP contribution in [-0.2, 0) is 11.2 Å². The zero-order valence-corrected chi connectivity index (χ0v) is 14.8. The molecule has 3 N–H and O–H groups in total. The molecule has 0 saturated carbocycles. The Morgan fingerprint density at radius 3 is 2.14 bits per heavy atom. The first kappa shape index (κ1) is 22.3. The molecule has 0 aliphatic carbocycles. The van der Waals surface area contributed by atoms with E-state index < -0.39 is 0 Å². The number of hydrogen-bond acceptors (Lipinski definition) is 3. The predicted molar refractivity (Wildman–Crippen MR) is 94.4 cm³/mol. The summed E-state index contributed by atoms with van der Waals surface area (Å²) < 4.78 is 0. The number of rotatable bonds is 6. The highest BCUT2D eigenvalue weighted by atomic mass is 35.5. The standard InChI is InChI=1S/C15H25N3O.2ClH/c1-11(2)14(18(3)4)15(19)17-10-9-12-5-7-13(16)8-6-12;;/h5-8,11,14H,9-10,16H2,1-4H3,(H,17,19);2*1H. The van der Waals surface area contributed by atoms with Crippen molar-refractivity contribution < 1.29 is 4.79 Å². The normalized spacial score (nSPS) is 11.5. The molecular weight excluding hydrogens is 309 g/mol. The van der Waals surface area contributed by atoms with E-state index in [-0.39, 0.29) is 36.8 Å². The van der Waals surface area contributed by atoms with Crippen LogP contribution in [0.4, 0.5) is 5.69 Å². The Hall–Kier alpha value is -0.970. The molecule has 122 valence electrons. The van der Waals surface area contributed by atoms with Crippen LogP contribution < -0.4 is 11.1 Å². The summed E-state index contributed by atoms with van der Waals surface area (Å²) in [6.45, 7) is 4.77. The van der Waals surface area contributed by atoms with Gasteiger partial charge in [0.25, 0.3) is 0 Å². The summed E-state index contributed by atoms with van der Waals surface area (Å²) in [6.07, 6.45) is 0.824. The lowest BCUT2D eigenvalue weighted by molar-refractivity contribution is -0.126. The van der Waals surface area contributed by atoms with Gasteiger partial charge in [0.15, 0.2) is 0 Å². The molecular formula is C15H27Cl2N3O. The van der Waals surface area contributed by atoms with E-state index in [1.807, 2.05) is 43.3 Å². The molecule has 0 aromatic heterocycles. The van der Waals surface area contributed by atoms with Gasteiger partial charge in [0.1, 0.15) is 0 Å². The third kappa shape index (κ3) is 7.55. The second-order valence-electron chi connectivity index (χ2n) is 5.44. The average molecular weight is 336 g/mol. The van der Waals surface area contributed by atoms with Gasteiger partial charge in [0.2, 0.25) is 5.91 Å². The van der Waals surface area contributed by atoms with Crippen LogP contribution in [-0.4, -0.2) is 37.5 Å². The summed E-state index contributed by atoms with van der Waals surface area (Å²) in [5, 5.41) is 3.00. The average Bonchev–Trinajstić information content (AvgIpc) is 2.30. The Bertz CT molecular complexity index is 400. The first-order valence-electron chi connectivity index (χ1n) is 6.70. The highest BCUT2D eigenvalue weighted by molar-refractivity contribution is 5.85. The van der Waals surface area contributed by atoms with Gasteiger partial charge >= 0.3 is 0 Å². The minimum absolute atomic E-state index is 0. The second-order valence-corrected chi connectivity index (χ2v) is 5.44. The number of nitrogens with two attached hydrogens (primary N) is 1. The van der Waals surface area contributed by atoms with Crippen LogP contribution in [0.1, 0.15) is 19.4 Å². The molecule has 1 aromatic rings. The molecule has 1 amide bonds. The summed E-state index contributed by atoms with van der Waals surface area (Å²) >= 11 is 0. The Labute approximate surface area is 140 Å². The zero-order valence-electron chi connectivity index (χ0n) is 13.1. The fourth-order valence-electron chi connectivity index (χ4n) is 2.25. The van der Waals surface area contributed by atoms with Gasteiger partial charge in [-0.3, -0.25) is 9.69 Å². The number of halogens is 2. The zero-order chi connectivity index (χ0) is 14.4. The Balaban J connectivity index is 0. The van der Waals surface area contributed by atoms with Gasteiger partial charge in [-0.1, -0.05) is 26.0 Å². The van der Waals surface area contributed by atoms with Crippen molar-refractivity contribution in [3.05, 3.63) is 29.8 Å². The Kier molecular flexibility index (Phi) is 11.4. The highest BCUT2D eigenvalue weighted by Gasteiger charge is 2.23. The van der Waals surface area contributed by atoms with Gasteiger partial charge in [0.05, 0.1) is 6.04 Å². The molecule has 4 nitrogen and oxygen atoms in total. The van der Waals surface area contributed by atoms with Gasteiger partial charge in [-0.2, -0.15) is 0 Å². The molecule has 0 bridgehead atoms. The van der Waals surface area contributed by atoms with Crippen LogP contribution in [0.5, 0.6) is 0 Å². The molecule has 1 atom stereocenters. The SMILES string of the molecule is CC(C)C(C(=O)NCCc1ccc(N)cc1)N(C)C.Cl.Cl. The van der Waals surface area contributed by atoms with Crippen molar-refractivity contribution in [2.75, 3.05) is 26.4 Å². The van der Waals surface area contributed by atoms with Crippen molar-refractivity contribution in [2.45, 2.75) is 26.3 Å². The van der Waals surface area contributed by atoms with Gasteiger partial charge < -0.3 is 11.1 Å². The fraction of sp³-hybridized carbons (Fsp3) is 0.533. The van der Waals surface area contributed by atoms with Crippen LogP contribution in [0.15, 0.2) is 24.3 Å². The quantitative estimate of drug-likeness (QED) is 0.784. The summed E-state index contributed by atoms with van der Waals surface area (Å²) in [5.74, 6) is 0.391. The predicted octanol–water partition coefficient (Wildman–Crippen LogP) is 2.36. The topological polar surface area (TPSA) is 58.4 Å². The van der Waals surface area contributed by atoms with Crippen LogP contribution in [0.2, 0.25) is 0 Å². The smallest absolute Gasteiger partial charge is 0.237 e. The molecule has 0 aliphatic heterocycles. The van der Waals surface area contributed by atoms with Crippen molar-refractivity contribution in [3.63, 3.8) is 0 Å². The van der Waals surface area contributed by atoms with E-state index in [0.717, 1.165) is 12.1 Å². The van der Waals surface area contributed by atoms with E-state index in [4.69, 9.17) is 5.73 Å². The minimum Gasteiger partial charge on any atom is -0.399 e. The van der Waals surface area contributed by atoms with Crippen molar-refractivity contribution >= 4 is 36.4 Å². The van der Waals surface area contributed by atoms with Gasteiger partial charge in [-0.05, 0) is 44.1 Å². The van der Waals surface area contributed by atoms with E-state index in [1.54, 1.807) is 0 Å². The number of carbonyl (C=O) groups is 1. The molecule has 0 spiro atoms. The maximum absolute atomic E-state index is 12.1. The molecule has 1 rings (SSSR count). The van der Waals surface area contributed by atoms with Crippen LogP contribution in [0.3, 0.4) is 0 Å². The largest absolute Gasteiger partial charge is 0.399 e. The molecule has 0 aliphatic rings. The van der Waals surface area contributed by atoms with Gasteiger partial charge in [-0.25, -0.2) is 0 Å². The summed E-state index contributed by atoms with van der Waals surface area (Å²) in [7, 11) is 3.87. The number of anilines is 1. The van der Waals surface area contributed by atoms with Crippen molar-refractivity contribution in [2.24, 2.45) is 5.92 Å². The third-order valence-corrected chi connectivity index (χ3v) is 3.15. The monoisotopic (exact) mass is 335 g/mol. The number of likely N-dealkylation sites (N-methyl/N-ethyl adjacent to an activating group) is 1. The molecule has 21 heavy (non-hydrogen) atoms. The molecule has 1 unspecified atom stereocenters. The number of nitrogens with zero attached hydrogens (tertiary/aromatic N) is 1. The van der Waals surface area contributed by atoms with Crippen molar-refractivity contribution in [1.82, 2.24) is 10.2 Å². The highest BCUT2D eigenvalue weighted by Crippen LogP contribution is 2.08. The maximum atomic E-state index is 12.1. The van der Waals surface area contributed by atoms with Crippen LogP contribution >= 0.6 is 24.8 Å². The summed E-state index contributed by atoms with van der Waals surface area (Å²) in [5.41, 5.74) is 7.58. The molecule has 0 heterocycles. The van der Waals surface area contributed by atoms with E-state index in [0.29, 0.717) is 12.5 Å². The number of hydrogen-bond donors (Lipinski definition) is 2. The number of amides is 1. The number of carbonyl (C=O) groups excluding carboxylic acids is 1.